The Morgan fingerprint density at radius 1 is 0.968 bits per heavy atom. The minimum atomic E-state index is -0.666. The number of hydrogen-bond acceptors (Lipinski definition) is 5. The van der Waals surface area contributed by atoms with Crippen molar-refractivity contribution < 1.29 is 14.3 Å². The number of ether oxygens (including phenoxy) is 1. The van der Waals surface area contributed by atoms with Gasteiger partial charge in [0.1, 0.15) is 5.75 Å². The summed E-state index contributed by atoms with van der Waals surface area (Å²) < 4.78 is 5.36. The van der Waals surface area contributed by atoms with Crippen LogP contribution in [0.4, 0.5) is 11.4 Å². The smallest absolute Gasteiger partial charge is 0.313 e. The van der Waals surface area contributed by atoms with E-state index in [-0.39, 0.29) is 0 Å². The second kappa shape index (κ2) is 11.6. The maximum absolute atomic E-state index is 12.0. The third-order valence-corrected chi connectivity index (χ3v) is 5.38. The Kier molecular flexibility index (Phi) is 8.55. The Morgan fingerprint density at radius 2 is 1.65 bits per heavy atom. The van der Waals surface area contributed by atoms with E-state index in [1.54, 1.807) is 24.3 Å². The number of carbonyl (C=O) groups is 2. The van der Waals surface area contributed by atoms with E-state index < -0.39 is 11.8 Å². The van der Waals surface area contributed by atoms with Gasteiger partial charge in [-0.15, -0.1) is 0 Å². The van der Waals surface area contributed by atoms with E-state index in [0.29, 0.717) is 18.8 Å². The molecule has 2 amide bonds. The molecule has 0 atom stereocenters. The number of benzene rings is 2. The lowest BCUT2D eigenvalue weighted by Crippen LogP contribution is -2.47. The molecule has 1 saturated heterocycles. The minimum Gasteiger partial charge on any atom is -0.494 e. The van der Waals surface area contributed by atoms with Crippen LogP contribution in [0.2, 0.25) is 5.02 Å². The highest BCUT2D eigenvalue weighted by Crippen LogP contribution is 2.19. The minimum absolute atomic E-state index is 0.465. The third-order valence-electron chi connectivity index (χ3n) is 5.13. The van der Waals surface area contributed by atoms with Crippen LogP contribution < -0.4 is 20.3 Å². The van der Waals surface area contributed by atoms with Gasteiger partial charge in [0.15, 0.2) is 0 Å². The second-order valence-electron chi connectivity index (χ2n) is 7.33. The average molecular weight is 445 g/mol. The van der Waals surface area contributed by atoms with Crippen LogP contribution in [0.1, 0.15) is 13.3 Å². The third kappa shape index (κ3) is 7.15. The zero-order valence-corrected chi connectivity index (χ0v) is 18.5. The molecule has 0 saturated carbocycles. The van der Waals surface area contributed by atoms with E-state index >= 15 is 0 Å². The summed E-state index contributed by atoms with van der Waals surface area (Å²) in [6.45, 7) is 7.68. The molecule has 0 aromatic heterocycles. The molecule has 8 heteroatoms. The fourth-order valence-corrected chi connectivity index (χ4v) is 3.58. The molecule has 0 unspecified atom stereocenters. The summed E-state index contributed by atoms with van der Waals surface area (Å²) in [6, 6.07) is 14.8. The number of carbonyl (C=O) groups excluding carboxylic acids is 2. The molecule has 2 N–H and O–H groups in total. The molecule has 1 heterocycles. The predicted octanol–water partition coefficient (Wildman–Crippen LogP) is 3.01. The first kappa shape index (κ1) is 22.9. The van der Waals surface area contributed by atoms with Crippen LogP contribution in [0.15, 0.2) is 48.5 Å². The van der Waals surface area contributed by atoms with Crippen LogP contribution >= 0.6 is 11.6 Å². The lowest BCUT2D eigenvalue weighted by Gasteiger charge is -2.36. The Labute approximate surface area is 188 Å². The second-order valence-corrected chi connectivity index (χ2v) is 7.76. The van der Waals surface area contributed by atoms with Crippen molar-refractivity contribution in [1.29, 1.82) is 0 Å². The van der Waals surface area contributed by atoms with Gasteiger partial charge in [0.05, 0.1) is 6.61 Å². The van der Waals surface area contributed by atoms with E-state index in [4.69, 9.17) is 16.3 Å². The fourth-order valence-electron chi connectivity index (χ4n) is 3.46. The highest BCUT2D eigenvalue weighted by atomic mass is 35.5. The van der Waals surface area contributed by atoms with E-state index in [1.807, 2.05) is 31.2 Å². The van der Waals surface area contributed by atoms with Crippen LogP contribution in [-0.4, -0.2) is 62.6 Å². The van der Waals surface area contributed by atoms with Gasteiger partial charge in [-0.2, -0.15) is 0 Å². The largest absolute Gasteiger partial charge is 0.494 e. The number of anilines is 2. The zero-order chi connectivity index (χ0) is 22.1. The normalized spacial score (nSPS) is 14.2. The van der Waals surface area contributed by atoms with Crippen molar-refractivity contribution in [3.05, 3.63) is 53.6 Å². The molecule has 7 nitrogen and oxygen atoms in total. The van der Waals surface area contributed by atoms with Crippen molar-refractivity contribution in [3.63, 3.8) is 0 Å². The number of hydrogen-bond donors (Lipinski definition) is 2. The van der Waals surface area contributed by atoms with Crippen LogP contribution in [0.3, 0.4) is 0 Å². The average Bonchev–Trinajstić information content (AvgIpc) is 2.79. The van der Waals surface area contributed by atoms with Crippen molar-refractivity contribution in [2.24, 2.45) is 0 Å². The summed E-state index contributed by atoms with van der Waals surface area (Å²) in [4.78, 5) is 28.8. The first-order chi connectivity index (χ1) is 15.0. The van der Waals surface area contributed by atoms with Crippen LogP contribution in [0, 0.1) is 0 Å². The Balaban J connectivity index is 1.31. The van der Waals surface area contributed by atoms with Crippen molar-refractivity contribution >= 4 is 34.8 Å². The lowest BCUT2D eigenvalue weighted by atomic mass is 10.2. The van der Waals surface area contributed by atoms with Gasteiger partial charge in [-0.1, -0.05) is 11.6 Å². The van der Waals surface area contributed by atoms with Gasteiger partial charge >= 0.3 is 11.8 Å². The predicted molar refractivity (Wildman–Crippen MR) is 124 cm³/mol. The number of amides is 2. The van der Waals surface area contributed by atoms with E-state index in [0.717, 1.165) is 49.9 Å². The Morgan fingerprint density at radius 3 is 2.29 bits per heavy atom. The SMILES string of the molecule is CCOc1ccc(NC(=O)C(=O)NCCCN2CCN(c3ccc(Cl)cc3)CC2)cc1. The van der Waals surface area contributed by atoms with Crippen molar-refractivity contribution in [2.75, 3.05) is 56.1 Å². The lowest BCUT2D eigenvalue weighted by molar-refractivity contribution is -0.136. The summed E-state index contributed by atoms with van der Waals surface area (Å²) in [5, 5.41) is 6.03. The van der Waals surface area contributed by atoms with Gasteiger partial charge in [-0.05, 0) is 68.4 Å². The molecule has 2 aromatic rings. The number of nitrogens with one attached hydrogen (secondary N) is 2. The Hall–Kier alpha value is -2.77. The molecule has 1 aliphatic rings. The Bertz CT molecular complexity index is 850. The molecule has 31 heavy (non-hydrogen) atoms. The van der Waals surface area contributed by atoms with Crippen LogP contribution in [0.25, 0.3) is 0 Å². The van der Waals surface area contributed by atoms with Gasteiger partial charge in [0.2, 0.25) is 0 Å². The molecule has 0 bridgehead atoms. The standard InChI is InChI=1S/C23H29ClN4O3/c1-2-31-21-10-6-19(7-11-21)26-23(30)22(29)25-12-3-13-27-14-16-28(17-15-27)20-8-4-18(24)5-9-20/h4-11H,2-3,12-17H2,1H3,(H,25,29)(H,26,30). The number of rotatable bonds is 8. The maximum Gasteiger partial charge on any atom is 0.313 e. The first-order valence-electron chi connectivity index (χ1n) is 10.6. The summed E-state index contributed by atoms with van der Waals surface area (Å²) in [7, 11) is 0. The highest BCUT2D eigenvalue weighted by molar-refractivity contribution is 6.39. The summed E-state index contributed by atoms with van der Waals surface area (Å²) in [5.41, 5.74) is 1.75. The van der Waals surface area contributed by atoms with Gasteiger partial charge in [0.25, 0.3) is 0 Å². The molecule has 1 fully saturated rings. The molecule has 3 rings (SSSR count). The first-order valence-corrected chi connectivity index (χ1v) is 11.0. The monoisotopic (exact) mass is 444 g/mol. The molecule has 166 valence electrons. The van der Waals surface area contributed by atoms with Gasteiger partial charge in [0, 0.05) is 49.1 Å². The zero-order valence-electron chi connectivity index (χ0n) is 17.8. The molecule has 0 radical (unpaired) electrons. The van der Waals surface area contributed by atoms with E-state index in [1.165, 1.54) is 5.69 Å². The molecular weight excluding hydrogens is 416 g/mol. The number of nitrogens with zero attached hydrogens (tertiary/aromatic N) is 2. The van der Waals surface area contributed by atoms with E-state index in [2.05, 4.69) is 20.4 Å². The van der Waals surface area contributed by atoms with Gasteiger partial charge in [-0.25, -0.2) is 0 Å². The number of halogens is 1. The van der Waals surface area contributed by atoms with Gasteiger partial charge < -0.3 is 20.3 Å². The molecule has 0 aliphatic carbocycles. The van der Waals surface area contributed by atoms with Crippen molar-refractivity contribution in [1.82, 2.24) is 10.2 Å². The maximum atomic E-state index is 12.0. The molecular formula is C23H29ClN4O3. The highest BCUT2D eigenvalue weighted by Gasteiger charge is 2.17. The quantitative estimate of drug-likeness (QED) is 0.483. The van der Waals surface area contributed by atoms with Crippen molar-refractivity contribution in [2.45, 2.75) is 13.3 Å². The van der Waals surface area contributed by atoms with Crippen molar-refractivity contribution in [3.8, 4) is 5.75 Å². The number of piperazine rings is 1. The topological polar surface area (TPSA) is 73.9 Å². The summed E-state index contributed by atoms with van der Waals surface area (Å²) >= 11 is 5.96. The van der Waals surface area contributed by atoms with Crippen LogP contribution in [0.5, 0.6) is 5.75 Å². The van der Waals surface area contributed by atoms with Gasteiger partial charge in [-0.3, -0.25) is 14.5 Å². The molecule has 1 aliphatic heterocycles. The molecule has 0 spiro atoms. The summed E-state index contributed by atoms with van der Waals surface area (Å²) in [6.07, 6.45) is 0.795. The van der Waals surface area contributed by atoms with Crippen LogP contribution in [-0.2, 0) is 9.59 Å². The molecule has 2 aromatic carbocycles. The fraction of sp³-hybridized carbons (Fsp3) is 0.391. The summed E-state index contributed by atoms with van der Waals surface area (Å²) in [5.74, 6) is -0.568. The van der Waals surface area contributed by atoms with E-state index in [9.17, 15) is 9.59 Å².